The first-order valence-electron chi connectivity index (χ1n) is 3.77. The molecule has 12 heavy (non-hydrogen) atoms. The summed E-state index contributed by atoms with van der Waals surface area (Å²) < 4.78 is 0. The highest BCUT2D eigenvalue weighted by Gasteiger charge is 2.05. The molecule has 0 aliphatic heterocycles. The molecule has 0 unspecified atom stereocenters. The van der Waals surface area contributed by atoms with Crippen molar-refractivity contribution in [2.75, 3.05) is 0 Å². The SMILES string of the molecule is CC(C)NC(=O)c1ccnnc1. The number of nitrogens with zero attached hydrogens (tertiary/aromatic N) is 2. The Hall–Kier alpha value is -1.45. The first kappa shape index (κ1) is 8.64. The number of hydrogen-bond acceptors (Lipinski definition) is 3. The van der Waals surface area contributed by atoms with Crippen LogP contribution in [-0.4, -0.2) is 22.1 Å². The van der Waals surface area contributed by atoms with Gasteiger partial charge in [0.05, 0.1) is 18.0 Å². The van der Waals surface area contributed by atoms with Gasteiger partial charge in [-0.25, -0.2) is 0 Å². The predicted molar refractivity (Wildman–Crippen MR) is 44.6 cm³/mol. The van der Waals surface area contributed by atoms with Crippen molar-refractivity contribution in [2.24, 2.45) is 0 Å². The molecule has 0 fully saturated rings. The number of rotatable bonds is 2. The van der Waals surface area contributed by atoms with Crippen molar-refractivity contribution in [1.82, 2.24) is 15.5 Å². The third-order valence-electron chi connectivity index (χ3n) is 1.27. The summed E-state index contributed by atoms with van der Waals surface area (Å²) >= 11 is 0. The zero-order valence-corrected chi connectivity index (χ0v) is 7.11. The van der Waals surface area contributed by atoms with Crippen LogP contribution in [0.15, 0.2) is 18.5 Å². The molecule has 0 saturated carbocycles. The molecule has 0 aromatic carbocycles. The number of carbonyl (C=O) groups is 1. The van der Waals surface area contributed by atoms with Gasteiger partial charge in [0, 0.05) is 6.04 Å². The maximum absolute atomic E-state index is 11.3. The largest absolute Gasteiger partial charge is 0.350 e. The molecule has 0 saturated heterocycles. The maximum atomic E-state index is 11.3. The molecule has 0 atom stereocenters. The van der Waals surface area contributed by atoms with Gasteiger partial charge in [-0.15, -0.1) is 0 Å². The molecular weight excluding hydrogens is 154 g/mol. The minimum absolute atomic E-state index is 0.111. The van der Waals surface area contributed by atoms with Crippen LogP contribution in [0, 0.1) is 0 Å². The second-order valence-corrected chi connectivity index (χ2v) is 2.76. The average molecular weight is 165 g/mol. The Balaban J connectivity index is 2.66. The lowest BCUT2D eigenvalue weighted by Gasteiger charge is -2.06. The lowest BCUT2D eigenvalue weighted by atomic mass is 10.3. The summed E-state index contributed by atoms with van der Waals surface area (Å²) in [6.07, 6.45) is 2.94. The Bertz CT molecular complexity index is 258. The molecule has 0 bridgehead atoms. The minimum atomic E-state index is -0.111. The molecule has 0 aliphatic carbocycles. The van der Waals surface area contributed by atoms with Crippen LogP contribution in [-0.2, 0) is 0 Å². The van der Waals surface area contributed by atoms with E-state index in [-0.39, 0.29) is 11.9 Å². The third-order valence-corrected chi connectivity index (χ3v) is 1.27. The van der Waals surface area contributed by atoms with Gasteiger partial charge in [-0.2, -0.15) is 10.2 Å². The molecule has 1 heterocycles. The van der Waals surface area contributed by atoms with E-state index in [1.807, 2.05) is 13.8 Å². The van der Waals surface area contributed by atoms with Gasteiger partial charge in [0.15, 0.2) is 0 Å². The van der Waals surface area contributed by atoms with E-state index in [1.165, 1.54) is 12.4 Å². The van der Waals surface area contributed by atoms with Gasteiger partial charge in [-0.1, -0.05) is 0 Å². The molecule has 64 valence electrons. The van der Waals surface area contributed by atoms with E-state index in [0.29, 0.717) is 5.56 Å². The van der Waals surface area contributed by atoms with Crippen molar-refractivity contribution in [3.63, 3.8) is 0 Å². The predicted octanol–water partition coefficient (Wildman–Crippen LogP) is 0.615. The van der Waals surface area contributed by atoms with E-state index in [4.69, 9.17) is 0 Å². The van der Waals surface area contributed by atoms with Gasteiger partial charge in [-0.05, 0) is 19.9 Å². The molecule has 1 amide bonds. The number of aromatic nitrogens is 2. The van der Waals surface area contributed by atoms with Crippen LogP contribution in [0.3, 0.4) is 0 Å². The molecular formula is C8H11N3O. The van der Waals surface area contributed by atoms with Crippen molar-refractivity contribution < 1.29 is 4.79 Å². The lowest BCUT2D eigenvalue weighted by molar-refractivity contribution is 0.0942. The van der Waals surface area contributed by atoms with E-state index in [0.717, 1.165) is 0 Å². The fourth-order valence-corrected chi connectivity index (χ4v) is 0.771. The fraction of sp³-hybridized carbons (Fsp3) is 0.375. The van der Waals surface area contributed by atoms with Crippen LogP contribution < -0.4 is 5.32 Å². The van der Waals surface area contributed by atoms with Crippen molar-refractivity contribution in [3.05, 3.63) is 24.0 Å². The van der Waals surface area contributed by atoms with Crippen molar-refractivity contribution >= 4 is 5.91 Å². The smallest absolute Gasteiger partial charge is 0.253 e. The minimum Gasteiger partial charge on any atom is -0.350 e. The molecule has 4 nitrogen and oxygen atoms in total. The van der Waals surface area contributed by atoms with Crippen molar-refractivity contribution in [3.8, 4) is 0 Å². The Labute approximate surface area is 71.0 Å². The summed E-state index contributed by atoms with van der Waals surface area (Å²) in [6.45, 7) is 3.82. The first-order valence-corrected chi connectivity index (χ1v) is 3.77. The van der Waals surface area contributed by atoms with Gasteiger partial charge in [0.2, 0.25) is 0 Å². The Morgan fingerprint density at radius 1 is 1.50 bits per heavy atom. The highest BCUT2D eigenvalue weighted by atomic mass is 16.1. The van der Waals surface area contributed by atoms with Gasteiger partial charge in [-0.3, -0.25) is 4.79 Å². The number of carbonyl (C=O) groups excluding carboxylic acids is 1. The van der Waals surface area contributed by atoms with E-state index < -0.39 is 0 Å². The summed E-state index contributed by atoms with van der Waals surface area (Å²) in [5.41, 5.74) is 0.540. The second kappa shape index (κ2) is 3.80. The van der Waals surface area contributed by atoms with Crippen molar-refractivity contribution in [1.29, 1.82) is 0 Å². The molecule has 1 aromatic heterocycles. The second-order valence-electron chi connectivity index (χ2n) is 2.76. The van der Waals surface area contributed by atoms with Gasteiger partial charge in [0.1, 0.15) is 0 Å². The number of hydrogen-bond donors (Lipinski definition) is 1. The maximum Gasteiger partial charge on any atom is 0.253 e. The monoisotopic (exact) mass is 165 g/mol. The Morgan fingerprint density at radius 3 is 2.75 bits per heavy atom. The molecule has 4 heteroatoms. The van der Waals surface area contributed by atoms with Crippen LogP contribution in [0.25, 0.3) is 0 Å². The third kappa shape index (κ3) is 2.30. The highest BCUT2D eigenvalue weighted by molar-refractivity contribution is 5.93. The highest BCUT2D eigenvalue weighted by Crippen LogP contribution is 1.93. The van der Waals surface area contributed by atoms with E-state index in [9.17, 15) is 4.79 Å². The quantitative estimate of drug-likeness (QED) is 0.698. The first-order chi connectivity index (χ1) is 5.70. The van der Waals surface area contributed by atoms with Gasteiger partial charge >= 0.3 is 0 Å². The molecule has 1 aromatic rings. The van der Waals surface area contributed by atoms with Gasteiger partial charge < -0.3 is 5.32 Å². The summed E-state index contributed by atoms with van der Waals surface area (Å²) in [5, 5.41) is 9.93. The van der Waals surface area contributed by atoms with E-state index >= 15 is 0 Å². The number of nitrogens with one attached hydrogen (secondary N) is 1. The molecule has 0 spiro atoms. The van der Waals surface area contributed by atoms with Crippen molar-refractivity contribution in [2.45, 2.75) is 19.9 Å². The zero-order valence-electron chi connectivity index (χ0n) is 7.11. The Kier molecular flexibility index (Phi) is 2.74. The molecule has 0 radical (unpaired) electrons. The van der Waals surface area contributed by atoms with Gasteiger partial charge in [0.25, 0.3) is 5.91 Å². The summed E-state index contributed by atoms with van der Waals surface area (Å²) in [5.74, 6) is -0.111. The normalized spacial score (nSPS) is 9.92. The summed E-state index contributed by atoms with van der Waals surface area (Å²) in [6, 6.07) is 1.77. The lowest BCUT2D eigenvalue weighted by Crippen LogP contribution is -2.30. The van der Waals surface area contributed by atoms with Crippen LogP contribution in [0.2, 0.25) is 0 Å². The Morgan fingerprint density at radius 2 is 2.25 bits per heavy atom. The average Bonchev–Trinajstić information content (AvgIpc) is 2.05. The van der Waals surface area contributed by atoms with Crippen LogP contribution in [0.4, 0.5) is 0 Å². The van der Waals surface area contributed by atoms with Crippen LogP contribution in [0.5, 0.6) is 0 Å². The van der Waals surface area contributed by atoms with Crippen LogP contribution >= 0.6 is 0 Å². The zero-order chi connectivity index (χ0) is 8.97. The van der Waals surface area contributed by atoms with E-state index in [1.54, 1.807) is 6.07 Å². The molecule has 1 N–H and O–H groups in total. The standard InChI is InChI=1S/C8H11N3O/c1-6(2)11-8(12)7-3-4-9-10-5-7/h3-6H,1-2H3,(H,11,12). The fourth-order valence-electron chi connectivity index (χ4n) is 0.771. The topological polar surface area (TPSA) is 54.9 Å². The molecule has 1 rings (SSSR count). The summed E-state index contributed by atoms with van der Waals surface area (Å²) in [4.78, 5) is 11.3. The van der Waals surface area contributed by atoms with Crippen LogP contribution in [0.1, 0.15) is 24.2 Å². The summed E-state index contributed by atoms with van der Waals surface area (Å²) in [7, 11) is 0. The number of amides is 1. The van der Waals surface area contributed by atoms with E-state index in [2.05, 4.69) is 15.5 Å². The molecule has 0 aliphatic rings.